The van der Waals surface area contributed by atoms with Gasteiger partial charge in [-0.15, -0.1) is 4.40 Å². The number of carbonyl (C=O) groups is 2. The third-order valence-corrected chi connectivity index (χ3v) is 7.50. The molecule has 3 rings (SSSR count). The molecule has 7 nitrogen and oxygen atoms in total. The van der Waals surface area contributed by atoms with E-state index in [-0.39, 0.29) is 34.8 Å². The molecule has 0 aliphatic carbocycles. The van der Waals surface area contributed by atoms with E-state index in [1.807, 2.05) is 0 Å². The van der Waals surface area contributed by atoms with Crippen molar-refractivity contribution in [3.05, 3.63) is 58.0 Å². The highest BCUT2D eigenvalue weighted by Crippen LogP contribution is 2.31. The van der Waals surface area contributed by atoms with Crippen LogP contribution in [0.1, 0.15) is 13.3 Å². The van der Waals surface area contributed by atoms with E-state index in [4.69, 9.17) is 11.6 Å². The monoisotopic (exact) mass is 529 g/mol. The predicted octanol–water partition coefficient (Wildman–Crippen LogP) is 4.14. The smallest absolute Gasteiger partial charge is 0.284 e. The van der Waals surface area contributed by atoms with Gasteiger partial charge >= 0.3 is 0 Å². The van der Waals surface area contributed by atoms with Gasteiger partial charge in [0, 0.05) is 28.1 Å². The molecule has 1 aliphatic heterocycles. The Morgan fingerprint density at radius 1 is 1.20 bits per heavy atom. The maximum Gasteiger partial charge on any atom is 0.284 e. The van der Waals surface area contributed by atoms with Gasteiger partial charge in [-0.05, 0) is 55.5 Å². The number of halogens is 2. The minimum absolute atomic E-state index is 0.0197. The second-order valence-corrected chi connectivity index (χ2v) is 10.4. The summed E-state index contributed by atoms with van der Waals surface area (Å²) < 4.78 is 29.8. The second kappa shape index (κ2) is 9.51. The largest absolute Gasteiger partial charge is 0.326 e. The van der Waals surface area contributed by atoms with Crippen molar-refractivity contribution >= 4 is 72.0 Å². The zero-order valence-electron chi connectivity index (χ0n) is 15.7. The molecule has 0 spiro atoms. The number of nitrogens with zero attached hydrogens (tertiary/aromatic N) is 2. The highest BCUT2D eigenvalue weighted by atomic mass is 79.9. The van der Waals surface area contributed by atoms with Crippen molar-refractivity contribution in [2.75, 3.05) is 11.9 Å². The fourth-order valence-electron chi connectivity index (χ4n) is 2.68. The maximum atomic E-state index is 12.7. The molecule has 0 radical (unpaired) electrons. The van der Waals surface area contributed by atoms with E-state index >= 15 is 0 Å². The summed E-state index contributed by atoms with van der Waals surface area (Å²) in [5.74, 6) is -0.713. The predicted molar refractivity (Wildman–Crippen MR) is 122 cm³/mol. The van der Waals surface area contributed by atoms with Gasteiger partial charge in [0.05, 0.1) is 4.90 Å². The molecule has 11 heteroatoms. The highest BCUT2D eigenvalue weighted by Gasteiger charge is 2.39. The van der Waals surface area contributed by atoms with Crippen LogP contribution in [0.2, 0.25) is 5.02 Å². The first-order chi connectivity index (χ1) is 14.2. The second-order valence-electron chi connectivity index (χ2n) is 6.25. The lowest BCUT2D eigenvalue weighted by molar-refractivity contribution is -0.128. The van der Waals surface area contributed by atoms with Gasteiger partial charge in [0.25, 0.3) is 10.0 Å². The van der Waals surface area contributed by atoms with Crippen molar-refractivity contribution in [1.82, 2.24) is 4.90 Å². The molecule has 158 valence electrons. The van der Waals surface area contributed by atoms with Gasteiger partial charge in [-0.1, -0.05) is 39.3 Å². The Hall–Kier alpha value is -1.88. The number of anilines is 1. The molecular formula is C19H17BrClN3O4S2. The van der Waals surface area contributed by atoms with Crippen LogP contribution in [0.5, 0.6) is 0 Å². The summed E-state index contributed by atoms with van der Waals surface area (Å²) in [4.78, 5) is 26.3. The van der Waals surface area contributed by atoms with Crippen LogP contribution in [0.25, 0.3) is 0 Å². The zero-order chi connectivity index (χ0) is 21.9. The number of rotatable bonds is 6. The first-order valence-electron chi connectivity index (χ1n) is 8.83. The SMILES string of the molecule is CCN1C(=O)C(CC(=O)Nc2ccc(Cl)cc2)S/C1=N/S(=O)(=O)c1ccc(Br)cc1. The van der Waals surface area contributed by atoms with Crippen molar-refractivity contribution < 1.29 is 18.0 Å². The minimum atomic E-state index is -3.99. The number of hydrogen-bond donors (Lipinski definition) is 1. The molecule has 1 saturated heterocycles. The number of amidine groups is 1. The first kappa shape index (κ1) is 22.8. The molecule has 1 unspecified atom stereocenters. The number of sulfonamides is 1. The molecule has 0 aromatic heterocycles. The van der Waals surface area contributed by atoms with Crippen LogP contribution in [-0.4, -0.2) is 42.1 Å². The van der Waals surface area contributed by atoms with Gasteiger partial charge in [-0.3, -0.25) is 14.5 Å². The summed E-state index contributed by atoms with van der Waals surface area (Å²) in [6, 6.07) is 12.6. The van der Waals surface area contributed by atoms with Gasteiger partial charge in [-0.25, -0.2) is 0 Å². The van der Waals surface area contributed by atoms with Gasteiger partial charge in [0.1, 0.15) is 5.25 Å². The summed E-state index contributed by atoms with van der Waals surface area (Å²) in [5, 5.41) is 2.55. The summed E-state index contributed by atoms with van der Waals surface area (Å²) in [5.41, 5.74) is 0.555. The quantitative estimate of drug-likeness (QED) is 0.606. The van der Waals surface area contributed by atoms with Gasteiger partial charge < -0.3 is 5.32 Å². The molecule has 1 aliphatic rings. The summed E-state index contributed by atoms with van der Waals surface area (Å²) in [6.07, 6.45) is -0.111. The molecule has 2 amide bonds. The van der Waals surface area contributed by atoms with Crippen LogP contribution in [-0.2, 0) is 19.6 Å². The summed E-state index contributed by atoms with van der Waals surface area (Å²) in [6.45, 7) is 1.96. The van der Waals surface area contributed by atoms with Gasteiger partial charge in [-0.2, -0.15) is 8.42 Å². The summed E-state index contributed by atoms with van der Waals surface area (Å²) in [7, 11) is -3.99. The molecular weight excluding hydrogens is 514 g/mol. The molecule has 2 aromatic rings. The standard InChI is InChI=1S/C19H17BrClN3O4S2/c1-2-24-18(26)16(11-17(25)22-14-7-5-13(21)6-8-14)29-19(24)23-30(27,28)15-9-3-12(20)4-10-15/h3-10,16H,2,11H2,1H3,(H,22,25)/b23-19+. The van der Waals surface area contributed by atoms with E-state index in [1.54, 1.807) is 43.3 Å². The maximum absolute atomic E-state index is 12.7. The van der Waals surface area contributed by atoms with E-state index in [0.717, 1.165) is 16.2 Å². The number of amides is 2. The average molecular weight is 531 g/mol. The topological polar surface area (TPSA) is 95.9 Å². The van der Waals surface area contributed by atoms with E-state index in [2.05, 4.69) is 25.6 Å². The zero-order valence-corrected chi connectivity index (χ0v) is 19.7. The third kappa shape index (κ3) is 5.42. The van der Waals surface area contributed by atoms with Crippen LogP contribution >= 0.6 is 39.3 Å². The number of thioether (sulfide) groups is 1. The number of carbonyl (C=O) groups excluding carboxylic acids is 2. The Kier molecular flexibility index (Phi) is 7.22. The third-order valence-electron chi connectivity index (χ3n) is 4.14. The van der Waals surface area contributed by atoms with Crippen LogP contribution in [0, 0.1) is 0 Å². The lowest BCUT2D eigenvalue weighted by atomic mass is 10.2. The van der Waals surface area contributed by atoms with Gasteiger partial charge in [0.15, 0.2) is 5.17 Å². The van der Waals surface area contributed by atoms with Crippen molar-refractivity contribution in [3.63, 3.8) is 0 Å². The fourth-order valence-corrected chi connectivity index (χ4v) is 5.49. The Bertz CT molecular complexity index is 1090. The molecule has 1 fully saturated rings. The molecule has 1 heterocycles. The van der Waals surface area contributed by atoms with Crippen LogP contribution < -0.4 is 5.32 Å². The average Bonchev–Trinajstić information content (AvgIpc) is 2.97. The normalized spacial score (nSPS) is 18.1. The Morgan fingerprint density at radius 2 is 1.83 bits per heavy atom. The molecule has 0 saturated carbocycles. The van der Waals surface area contributed by atoms with E-state index in [0.29, 0.717) is 10.7 Å². The molecule has 0 bridgehead atoms. The van der Waals surface area contributed by atoms with E-state index < -0.39 is 15.3 Å². The van der Waals surface area contributed by atoms with E-state index in [1.165, 1.54) is 17.0 Å². The first-order valence-corrected chi connectivity index (χ1v) is 12.3. The highest BCUT2D eigenvalue weighted by molar-refractivity contribution is 9.10. The lowest BCUT2D eigenvalue weighted by Crippen LogP contribution is -2.33. The van der Waals surface area contributed by atoms with E-state index in [9.17, 15) is 18.0 Å². The van der Waals surface area contributed by atoms with Crippen molar-refractivity contribution in [1.29, 1.82) is 0 Å². The van der Waals surface area contributed by atoms with Crippen molar-refractivity contribution in [2.45, 2.75) is 23.5 Å². The number of hydrogen-bond acceptors (Lipinski definition) is 5. The van der Waals surface area contributed by atoms with Crippen molar-refractivity contribution in [2.24, 2.45) is 4.40 Å². The Balaban J connectivity index is 1.75. The summed E-state index contributed by atoms with van der Waals surface area (Å²) >= 11 is 10.1. The van der Waals surface area contributed by atoms with Crippen LogP contribution in [0.4, 0.5) is 5.69 Å². The van der Waals surface area contributed by atoms with Crippen molar-refractivity contribution in [3.8, 4) is 0 Å². The molecule has 1 atom stereocenters. The molecule has 1 N–H and O–H groups in total. The van der Waals surface area contributed by atoms with Gasteiger partial charge in [0.2, 0.25) is 11.8 Å². The number of nitrogens with one attached hydrogen (secondary N) is 1. The van der Waals surface area contributed by atoms with Crippen LogP contribution in [0.3, 0.4) is 0 Å². The Labute approximate surface area is 192 Å². The number of benzene rings is 2. The minimum Gasteiger partial charge on any atom is -0.326 e. The van der Waals surface area contributed by atoms with Crippen LogP contribution in [0.15, 0.2) is 62.3 Å². The fraction of sp³-hybridized carbons (Fsp3) is 0.211. The Morgan fingerprint density at radius 3 is 2.43 bits per heavy atom. The lowest BCUT2D eigenvalue weighted by Gasteiger charge is -2.13. The molecule has 30 heavy (non-hydrogen) atoms. The molecule has 2 aromatic carbocycles.